The zero-order valence-electron chi connectivity index (χ0n) is 20.1. The van der Waals surface area contributed by atoms with Crippen molar-refractivity contribution in [3.63, 3.8) is 0 Å². The number of nitrogens with two attached hydrogens (primary N) is 1. The highest BCUT2D eigenvalue weighted by molar-refractivity contribution is 5.96. The first-order valence-electron chi connectivity index (χ1n) is 12.0. The molecule has 0 amide bonds. The third-order valence-corrected chi connectivity index (χ3v) is 6.11. The molecule has 1 saturated carbocycles. The lowest BCUT2D eigenvalue weighted by Gasteiger charge is -2.17. The molecule has 1 fully saturated rings. The quantitative estimate of drug-likeness (QED) is 0.367. The summed E-state index contributed by atoms with van der Waals surface area (Å²) in [6.45, 7) is 5.96. The van der Waals surface area contributed by atoms with Gasteiger partial charge in [-0.05, 0) is 45.6 Å². The number of anilines is 2. The Bertz CT molecular complexity index is 1340. The molecule has 1 aliphatic carbocycles. The van der Waals surface area contributed by atoms with Crippen molar-refractivity contribution >= 4 is 22.7 Å². The first-order valence-corrected chi connectivity index (χ1v) is 12.0. The first-order chi connectivity index (χ1) is 16.9. The standard InChI is InChI=1S/C25H30N8O2/c1-4-20-25(30-16-5-7-18(34)9-16)32-22-19(12-28-24(26)23(22)31-20)15-10-29-33(13-15)17-6-8-21(27-11-17)35-14(2)3/h6,8,10-14,16,18,34H,4-5,7,9H2,1-3H3,(H2,26,28)(H,30,32)/t16-,18+/m1/s1. The van der Waals surface area contributed by atoms with Crippen LogP contribution in [0.1, 0.15) is 45.7 Å². The van der Waals surface area contributed by atoms with Crippen LogP contribution in [0.5, 0.6) is 5.88 Å². The highest BCUT2D eigenvalue weighted by atomic mass is 16.5. The van der Waals surface area contributed by atoms with E-state index in [1.54, 1.807) is 23.3 Å². The Morgan fingerprint density at radius 3 is 2.69 bits per heavy atom. The Kier molecular flexibility index (Phi) is 6.21. The predicted molar refractivity (Wildman–Crippen MR) is 135 cm³/mol. The second kappa shape index (κ2) is 9.46. The highest BCUT2D eigenvalue weighted by Crippen LogP contribution is 2.32. The maximum atomic E-state index is 9.93. The minimum Gasteiger partial charge on any atom is -0.475 e. The van der Waals surface area contributed by atoms with E-state index in [-0.39, 0.29) is 18.2 Å². The van der Waals surface area contributed by atoms with E-state index in [4.69, 9.17) is 20.4 Å². The fraction of sp³-hybridized carbons (Fsp3) is 0.400. The molecule has 0 aromatic carbocycles. The molecule has 182 valence electrons. The fourth-order valence-electron chi connectivity index (χ4n) is 4.37. The van der Waals surface area contributed by atoms with Crippen molar-refractivity contribution in [2.45, 2.75) is 64.7 Å². The summed E-state index contributed by atoms with van der Waals surface area (Å²) >= 11 is 0. The van der Waals surface area contributed by atoms with E-state index < -0.39 is 0 Å². The van der Waals surface area contributed by atoms with Gasteiger partial charge in [-0.2, -0.15) is 5.10 Å². The topological polar surface area (TPSA) is 137 Å². The summed E-state index contributed by atoms with van der Waals surface area (Å²) in [6, 6.07) is 3.90. The molecule has 4 aromatic rings. The Balaban J connectivity index is 1.51. The molecule has 0 bridgehead atoms. The van der Waals surface area contributed by atoms with Gasteiger partial charge < -0.3 is 20.9 Å². The molecule has 4 heterocycles. The lowest BCUT2D eigenvalue weighted by Crippen LogP contribution is -2.19. The monoisotopic (exact) mass is 474 g/mol. The van der Waals surface area contributed by atoms with Crippen molar-refractivity contribution in [2.75, 3.05) is 11.1 Å². The largest absolute Gasteiger partial charge is 0.475 e. The second-order valence-corrected chi connectivity index (χ2v) is 9.13. The van der Waals surface area contributed by atoms with Crippen LogP contribution in [0, 0.1) is 0 Å². The van der Waals surface area contributed by atoms with Gasteiger partial charge in [-0.15, -0.1) is 0 Å². The normalized spacial score (nSPS) is 17.9. The molecule has 5 rings (SSSR count). The van der Waals surface area contributed by atoms with Gasteiger partial charge in [-0.3, -0.25) is 0 Å². The molecule has 10 heteroatoms. The Hall–Kier alpha value is -3.79. The Morgan fingerprint density at radius 1 is 1.14 bits per heavy atom. The molecular formula is C25H30N8O2. The summed E-state index contributed by atoms with van der Waals surface area (Å²) in [7, 11) is 0. The van der Waals surface area contributed by atoms with E-state index in [9.17, 15) is 5.11 Å². The molecule has 0 unspecified atom stereocenters. The van der Waals surface area contributed by atoms with Crippen molar-refractivity contribution in [3.05, 3.63) is 42.6 Å². The molecule has 2 atom stereocenters. The van der Waals surface area contributed by atoms with Gasteiger partial charge in [0.25, 0.3) is 0 Å². The molecule has 0 saturated heterocycles. The van der Waals surface area contributed by atoms with E-state index in [2.05, 4.69) is 20.4 Å². The van der Waals surface area contributed by atoms with Gasteiger partial charge in [-0.25, -0.2) is 24.6 Å². The van der Waals surface area contributed by atoms with E-state index in [0.717, 1.165) is 41.2 Å². The zero-order chi connectivity index (χ0) is 24.5. The molecule has 35 heavy (non-hydrogen) atoms. The summed E-state index contributed by atoms with van der Waals surface area (Å²) < 4.78 is 7.37. The van der Waals surface area contributed by atoms with Crippen molar-refractivity contribution < 1.29 is 9.84 Å². The lowest BCUT2D eigenvalue weighted by atomic mass is 10.1. The minimum absolute atomic E-state index is 0.0587. The van der Waals surface area contributed by atoms with Gasteiger partial charge in [0, 0.05) is 35.6 Å². The summed E-state index contributed by atoms with van der Waals surface area (Å²) in [4.78, 5) is 18.5. The maximum Gasteiger partial charge on any atom is 0.213 e. The lowest BCUT2D eigenvalue weighted by molar-refractivity contribution is 0.182. The number of nitrogens with zero attached hydrogens (tertiary/aromatic N) is 6. The average molecular weight is 475 g/mol. The molecule has 0 radical (unpaired) electrons. The molecular weight excluding hydrogens is 444 g/mol. The number of rotatable bonds is 7. The van der Waals surface area contributed by atoms with Gasteiger partial charge in [-0.1, -0.05) is 6.92 Å². The third-order valence-electron chi connectivity index (χ3n) is 6.11. The fourth-order valence-corrected chi connectivity index (χ4v) is 4.37. The molecule has 1 aliphatic rings. The van der Waals surface area contributed by atoms with Crippen LogP contribution in [-0.2, 0) is 6.42 Å². The number of hydrogen-bond acceptors (Lipinski definition) is 9. The van der Waals surface area contributed by atoms with E-state index >= 15 is 0 Å². The smallest absolute Gasteiger partial charge is 0.213 e. The van der Waals surface area contributed by atoms with Crippen LogP contribution in [0.4, 0.5) is 11.6 Å². The molecule has 4 N–H and O–H groups in total. The van der Waals surface area contributed by atoms with Crippen molar-refractivity contribution in [1.82, 2.24) is 29.7 Å². The average Bonchev–Trinajstić information content (AvgIpc) is 3.48. The van der Waals surface area contributed by atoms with Crippen LogP contribution in [-0.4, -0.2) is 53.1 Å². The van der Waals surface area contributed by atoms with Gasteiger partial charge >= 0.3 is 0 Å². The Morgan fingerprint density at radius 2 is 2.00 bits per heavy atom. The number of aryl methyl sites for hydroxylation is 1. The third kappa shape index (κ3) is 4.74. The Labute approximate surface area is 203 Å². The van der Waals surface area contributed by atoms with Crippen molar-refractivity contribution in [1.29, 1.82) is 0 Å². The second-order valence-electron chi connectivity index (χ2n) is 9.13. The van der Waals surface area contributed by atoms with Gasteiger partial charge in [0.05, 0.1) is 36.0 Å². The van der Waals surface area contributed by atoms with Crippen LogP contribution in [0.25, 0.3) is 27.8 Å². The number of pyridine rings is 2. The molecule has 0 aliphatic heterocycles. The molecule has 0 spiro atoms. The number of nitrogens with one attached hydrogen (secondary N) is 1. The van der Waals surface area contributed by atoms with Crippen LogP contribution in [0.3, 0.4) is 0 Å². The predicted octanol–water partition coefficient (Wildman–Crippen LogP) is 3.53. The SMILES string of the molecule is CCc1nc2c(N)ncc(-c3cnn(-c4ccc(OC(C)C)nc4)c3)c2nc1N[C@@H]1CC[C@H](O)C1. The maximum absolute atomic E-state index is 9.93. The van der Waals surface area contributed by atoms with Gasteiger partial charge in [0.1, 0.15) is 16.9 Å². The molecule has 10 nitrogen and oxygen atoms in total. The van der Waals surface area contributed by atoms with Crippen LogP contribution in [0.2, 0.25) is 0 Å². The first kappa shape index (κ1) is 23.0. The summed E-state index contributed by atoms with van der Waals surface area (Å²) in [6.07, 6.45) is 9.99. The van der Waals surface area contributed by atoms with Crippen LogP contribution < -0.4 is 15.8 Å². The summed E-state index contributed by atoms with van der Waals surface area (Å²) in [5, 5.41) is 17.9. The number of aliphatic hydroxyl groups excluding tert-OH is 1. The highest BCUT2D eigenvalue weighted by Gasteiger charge is 2.24. The summed E-state index contributed by atoms with van der Waals surface area (Å²) in [5.74, 6) is 1.64. The van der Waals surface area contributed by atoms with Crippen molar-refractivity contribution in [2.24, 2.45) is 0 Å². The van der Waals surface area contributed by atoms with E-state index in [1.807, 2.05) is 39.1 Å². The van der Waals surface area contributed by atoms with Crippen LogP contribution in [0.15, 0.2) is 36.9 Å². The number of fused-ring (bicyclic) bond motifs is 1. The minimum atomic E-state index is -0.271. The van der Waals surface area contributed by atoms with Crippen molar-refractivity contribution in [3.8, 4) is 22.7 Å². The number of hydrogen-bond donors (Lipinski definition) is 3. The van der Waals surface area contributed by atoms with E-state index in [1.165, 1.54) is 0 Å². The molecule has 4 aromatic heterocycles. The van der Waals surface area contributed by atoms with Crippen LogP contribution >= 0.6 is 0 Å². The number of aliphatic hydroxyl groups is 1. The van der Waals surface area contributed by atoms with E-state index in [0.29, 0.717) is 35.6 Å². The van der Waals surface area contributed by atoms with Gasteiger partial charge in [0.2, 0.25) is 5.88 Å². The number of nitrogen functional groups attached to an aromatic ring is 1. The summed E-state index contributed by atoms with van der Waals surface area (Å²) in [5.41, 5.74) is 10.7. The number of aromatic nitrogens is 6. The zero-order valence-corrected chi connectivity index (χ0v) is 20.1. The number of ether oxygens (including phenoxy) is 1. The van der Waals surface area contributed by atoms with Gasteiger partial charge in [0.15, 0.2) is 5.82 Å².